The van der Waals surface area contributed by atoms with E-state index in [0.717, 1.165) is 0 Å². The summed E-state index contributed by atoms with van der Waals surface area (Å²) in [5.41, 5.74) is 3.85. The summed E-state index contributed by atoms with van der Waals surface area (Å²) in [7, 11) is 0. The molecule has 1 aliphatic heterocycles. The van der Waals surface area contributed by atoms with Crippen molar-refractivity contribution in [2.24, 2.45) is 0 Å². The number of nitrogens with one attached hydrogen (secondary N) is 2. The number of rotatable bonds is 5. The molecule has 2 aromatic carbocycles. The van der Waals surface area contributed by atoms with Crippen molar-refractivity contribution in [2.75, 3.05) is 11.4 Å². The summed E-state index contributed by atoms with van der Waals surface area (Å²) in [5.74, 6) is -0.710. The van der Waals surface area contributed by atoms with Gasteiger partial charge in [-0.15, -0.1) is 0 Å². The summed E-state index contributed by atoms with van der Waals surface area (Å²) in [6, 6.07) is 11.3. The lowest BCUT2D eigenvalue weighted by molar-refractivity contribution is -0.120. The van der Waals surface area contributed by atoms with Crippen LogP contribution in [-0.4, -0.2) is 34.7 Å². The third kappa shape index (κ3) is 3.50. The molecule has 7 nitrogen and oxygen atoms in total. The van der Waals surface area contributed by atoms with Crippen LogP contribution in [-0.2, 0) is 11.4 Å². The zero-order chi connectivity index (χ0) is 18.7. The number of carbonyl (C=O) groups is 2. The van der Waals surface area contributed by atoms with Crippen molar-refractivity contribution in [1.29, 1.82) is 0 Å². The molecule has 26 heavy (non-hydrogen) atoms. The average Bonchev–Trinajstić information content (AvgIpc) is 3.08. The first-order valence-electron chi connectivity index (χ1n) is 8.06. The number of amides is 2. The van der Waals surface area contributed by atoms with Crippen LogP contribution in [0.15, 0.2) is 42.5 Å². The van der Waals surface area contributed by atoms with E-state index in [4.69, 9.17) is 16.8 Å². The van der Waals surface area contributed by atoms with Crippen LogP contribution in [0, 0.1) is 0 Å². The van der Waals surface area contributed by atoms with E-state index in [9.17, 15) is 14.7 Å². The minimum Gasteiger partial charge on any atom is -0.392 e. The molecule has 4 N–H and O–H groups in total. The van der Waals surface area contributed by atoms with Crippen molar-refractivity contribution < 1.29 is 19.9 Å². The maximum Gasteiger partial charge on any atom is 0.274 e. The van der Waals surface area contributed by atoms with Crippen LogP contribution < -0.4 is 15.7 Å². The highest BCUT2D eigenvalue weighted by Crippen LogP contribution is 2.33. The molecule has 0 bridgehead atoms. The highest BCUT2D eigenvalue weighted by Gasteiger charge is 2.32. The number of aliphatic hydroxyl groups excluding tert-OH is 1. The zero-order valence-corrected chi connectivity index (χ0v) is 14.5. The molecule has 2 aromatic rings. The lowest BCUT2D eigenvalue weighted by Gasteiger charge is -2.30. The van der Waals surface area contributed by atoms with Gasteiger partial charge in [-0.2, -0.15) is 0 Å². The Kier molecular flexibility index (Phi) is 5.41. The summed E-state index contributed by atoms with van der Waals surface area (Å²) in [5, 5.41) is 21.5. The molecular weight excluding hydrogens is 358 g/mol. The van der Waals surface area contributed by atoms with Gasteiger partial charge in [0.25, 0.3) is 5.91 Å². The molecule has 0 spiro atoms. The fraction of sp³-hybridized carbons (Fsp3) is 0.222. The highest BCUT2D eigenvalue weighted by molar-refractivity contribution is 6.31. The molecule has 2 amide bonds. The van der Waals surface area contributed by atoms with Crippen molar-refractivity contribution in [1.82, 2.24) is 10.8 Å². The summed E-state index contributed by atoms with van der Waals surface area (Å²) in [6.07, 6.45) is 0.620. The maximum atomic E-state index is 12.3. The number of nitrogens with zero attached hydrogens (tertiary/aromatic N) is 1. The van der Waals surface area contributed by atoms with Crippen molar-refractivity contribution in [2.45, 2.75) is 19.1 Å². The Morgan fingerprint density at radius 2 is 1.92 bits per heavy atom. The van der Waals surface area contributed by atoms with Gasteiger partial charge in [0.15, 0.2) is 0 Å². The first kappa shape index (κ1) is 18.2. The predicted octanol–water partition coefficient (Wildman–Crippen LogP) is 1.98. The summed E-state index contributed by atoms with van der Waals surface area (Å²) < 4.78 is 0. The molecule has 1 unspecified atom stereocenters. The molecule has 1 saturated heterocycles. The lowest BCUT2D eigenvalue weighted by Crippen LogP contribution is -2.37. The van der Waals surface area contributed by atoms with E-state index in [0.29, 0.717) is 40.5 Å². The standard InChI is InChI=1S/C18H18ClN3O4/c19-15-6-5-14(9-12(15)10-23)22(16-7-8-20-18(16)25)13-3-1-11(2-4-13)17(24)21-26/h1-6,9,16,23,26H,7-8,10H2,(H,20,25)(H,21,24). The second-order valence-electron chi connectivity index (χ2n) is 5.89. The van der Waals surface area contributed by atoms with Crippen molar-refractivity contribution in [3.63, 3.8) is 0 Å². The number of halogens is 1. The van der Waals surface area contributed by atoms with Crippen LogP contribution in [0.3, 0.4) is 0 Å². The number of hydroxylamine groups is 1. The fourth-order valence-electron chi connectivity index (χ4n) is 3.01. The lowest BCUT2D eigenvalue weighted by atomic mass is 10.1. The number of aliphatic hydroxyl groups is 1. The quantitative estimate of drug-likeness (QED) is 0.473. The number of benzene rings is 2. The largest absolute Gasteiger partial charge is 0.392 e. The van der Waals surface area contributed by atoms with Gasteiger partial charge in [0.2, 0.25) is 5.91 Å². The molecule has 8 heteroatoms. The number of carbonyl (C=O) groups excluding carboxylic acids is 2. The Balaban J connectivity index is 2.04. The van der Waals surface area contributed by atoms with Crippen LogP contribution in [0.2, 0.25) is 5.02 Å². The van der Waals surface area contributed by atoms with E-state index in [1.54, 1.807) is 47.9 Å². The smallest absolute Gasteiger partial charge is 0.274 e. The first-order valence-corrected chi connectivity index (χ1v) is 8.43. The molecule has 1 atom stereocenters. The normalized spacial score (nSPS) is 16.3. The monoisotopic (exact) mass is 375 g/mol. The van der Waals surface area contributed by atoms with Crippen LogP contribution in [0.1, 0.15) is 22.3 Å². The Bertz CT molecular complexity index is 826. The van der Waals surface area contributed by atoms with Gasteiger partial charge >= 0.3 is 0 Å². The number of anilines is 2. The van der Waals surface area contributed by atoms with Gasteiger partial charge < -0.3 is 15.3 Å². The van der Waals surface area contributed by atoms with Crippen molar-refractivity contribution in [3.05, 3.63) is 58.6 Å². The van der Waals surface area contributed by atoms with Crippen LogP contribution in [0.5, 0.6) is 0 Å². The third-order valence-corrected chi connectivity index (χ3v) is 4.69. The second-order valence-corrected chi connectivity index (χ2v) is 6.29. The molecule has 1 fully saturated rings. The molecule has 0 aliphatic carbocycles. The van der Waals surface area contributed by atoms with Gasteiger partial charge in [0, 0.05) is 28.5 Å². The van der Waals surface area contributed by atoms with Crippen molar-refractivity contribution in [3.8, 4) is 0 Å². The SMILES string of the molecule is O=C(NO)c1ccc(N(c2ccc(Cl)c(CO)c2)C2CCNC2=O)cc1. The Hall–Kier alpha value is -2.61. The third-order valence-electron chi connectivity index (χ3n) is 4.32. The molecule has 0 radical (unpaired) electrons. The van der Waals surface area contributed by atoms with Crippen molar-refractivity contribution >= 4 is 34.8 Å². The molecule has 0 saturated carbocycles. The molecule has 1 aliphatic rings. The van der Waals surface area contributed by atoms with Gasteiger partial charge in [-0.3, -0.25) is 14.8 Å². The van der Waals surface area contributed by atoms with E-state index in [2.05, 4.69) is 5.32 Å². The van der Waals surface area contributed by atoms with E-state index < -0.39 is 11.9 Å². The minimum atomic E-state index is -0.615. The molecular formula is C18H18ClN3O4. The Morgan fingerprint density at radius 1 is 1.23 bits per heavy atom. The summed E-state index contributed by atoms with van der Waals surface area (Å²) in [6.45, 7) is 0.360. The van der Waals surface area contributed by atoms with E-state index in [1.807, 2.05) is 4.90 Å². The van der Waals surface area contributed by atoms with Crippen LogP contribution in [0.25, 0.3) is 0 Å². The summed E-state index contributed by atoms with van der Waals surface area (Å²) >= 11 is 6.08. The van der Waals surface area contributed by atoms with Crippen LogP contribution >= 0.6 is 11.6 Å². The second kappa shape index (κ2) is 7.74. The maximum absolute atomic E-state index is 12.3. The molecule has 1 heterocycles. The predicted molar refractivity (Wildman–Crippen MR) is 96.6 cm³/mol. The van der Waals surface area contributed by atoms with Crippen LogP contribution in [0.4, 0.5) is 11.4 Å². The zero-order valence-electron chi connectivity index (χ0n) is 13.8. The van der Waals surface area contributed by atoms with Gasteiger partial charge in [0.05, 0.1) is 6.61 Å². The van der Waals surface area contributed by atoms with Gasteiger partial charge in [-0.25, -0.2) is 5.48 Å². The van der Waals surface area contributed by atoms with Gasteiger partial charge in [-0.05, 0) is 54.4 Å². The Morgan fingerprint density at radius 3 is 2.50 bits per heavy atom. The van der Waals surface area contributed by atoms with E-state index >= 15 is 0 Å². The minimum absolute atomic E-state index is 0.0947. The fourth-order valence-corrected chi connectivity index (χ4v) is 3.18. The topological polar surface area (TPSA) is 102 Å². The highest BCUT2D eigenvalue weighted by atomic mass is 35.5. The summed E-state index contributed by atoms with van der Waals surface area (Å²) in [4.78, 5) is 25.6. The Labute approximate surface area is 155 Å². The molecule has 136 valence electrons. The molecule has 3 rings (SSSR count). The van der Waals surface area contributed by atoms with E-state index in [1.165, 1.54) is 0 Å². The average molecular weight is 376 g/mol. The van der Waals surface area contributed by atoms with E-state index in [-0.39, 0.29) is 12.5 Å². The number of hydrogen-bond donors (Lipinski definition) is 4. The first-order chi connectivity index (χ1) is 12.5. The number of hydrogen-bond acceptors (Lipinski definition) is 5. The van der Waals surface area contributed by atoms with Gasteiger partial charge in [0.1, 0.15) is 6.04 Å². The van der Waals surface area contributed by atoms with Gasteiger partial charge in [-0.1, -0.05) is 11.6 Å². The molecule has 0 aromatic heterocycles.